The normalized spacial score (nSPS) is 26.7. The number of hydrogen-bond donors (Lipinski definition) is 3. The van der Waals surface area contributed by atoms with E-state index in [2.05, 4.69) is 4.98 Å². The summed E-state index contributed by atoms with van der Waals surface area (Å²) in [5.41, 5.74) is 0.418. The second-order valence-corrected chi connectivity index (χ2v) is 8.04. The van der Waals surface area contributed by atoms with Crippen molar-refractivity contribution in [1.29, 1.82) is 0 Å². The SMILES string of the molecule is CO[C@H]1[C@H](Oc2c(O)c3c(c4cccnc24)C(=O)c2ccccc2C3=O)O[C@@H](C)[C@@H](O)[C@H]1O. The molecule has 5 rings (SSSR count). The minimum Gasteiger partial charge on any atom is -0.504 e. The van der Waals surface area contributed by atoms with Gasteiger partial charge >= 0.3 is 0 Å². The second-order valence-electron chi connectivity index (χ2n) is 8.04. The summed E-state index contributed by atoms with van der Waals surface area (Å²) in [4.78, 5) is 30.9. The molecule has 3 aromatic rings. The molecule has 2 heterocycles. The molecule has 0 amide bonds. The van der Waals surface area contributed by atoms with E-state index in [1.807, 2.05) is 0 Å². The van der Waals surface area contributed by atoms with Crippen molar-refractivity contribution >= 4 is 22.5 Å². The fourth-order valence-corrected chi connectivity index (χ4v) is 4.45. The molecule has 0 bridgehead atoms. The molecular weight excluding hydrogens is 430 g/mol. The third-order valence-electron chi connectivity index (χ3n) is 6.16. The number of ketones is 2. The van der Waals surface area contributed by atoms with Gasteiger partial charge in [-0.05, 0) is 13.0 Å². The van der Waals surface area contributed by atoms with E-state index < -0.39 is 48.0 Å². The number of aromatic nitrogens is 1. The molecule has 170 valence electrons. The number of nitrogens with zero attached hydrogens (tertiary/aromatic N) is 1. The summed E-state index contributed by atoms with van der Waals surface area (Å²) in [5, 5.41) is 32.0. The Morgan fingerprint density at radius 1 is 0.970 bits per heavy atom. The second kappa shape index (κ2) is 7.89. The maximum absolute atomic E-state index is 13.3. The van der Waals surface area contributed by atoms with Gasteiger partial charge in [0.2, 0.25) is 6.29 Å². The quantitative estimate of drug-likeness (QED) is 0.424. The van der Waals surface area contributed by atoms with Gasteiger partial charge in [-0.3, -0.25) is 14.6 Å². The number of ether oxygens (including phenoxy) is 3. The maximum atomic E-state index is 13.3. The smallest absolute Gasteiger partial charge is 0.229 e. The van der Waals surface area contributed by atoms with Gasteiger partial charge < -0.3 is 29.5 Å². The molecule has 0 spiro atoms. The van der Waals surface area contributed by atoms with Crippen LogP contribution in [0.5, 0.6) is 11.5 Å². The topological polar surface area (TPSA) is 135 Å². The Labute approximate surface area is 188 Å². The molecule has 9 nitrogen and oxygen atoms in total. The molecule has 1 saturated heterocycles. The molecule has 0 radical (unpaired) electrons. The minimum absolute atomic E-state index is 0.0447. The fraction of sp³-hybridized carbons (Fsp3) is 0.292. The van der Waals surface area contributed by atoms with Crippen LogP contribution in [0.25, 0.3) is 10.9 Å². The lowest BCUT2D eigenvalue weighted by Gasteiger charge is -2.40. The van der Waals surface area contributed by atoms with Crippen molar-refractivity contribution in [2.45, 2.75) is 37.6 Å². The summed E-state index contributed by atoms with van der Waals surface area (Å²) >= 11 is 0. The predicted molar refractivity (Wildman–Crippen MR) is 114 cm³/mol. The molecule has 1 aliphatic heterocycles. The number of aliphatic hydroxyl groups excluding tert-OH is 2. The highest BCUT2D eigenvalue weighted by atomic mass is 16.7. The summed E-state index contributed by atoms with van der Waals surface area (Å²) in [7, 11) is 1.32. The zero-order valence-corrected chi connectivity index (χ0v) is 17.8. The molecule has 33 heavy (non-hydrogen) atoms. The van der Waals surface area contributed by atoms with Crippen molar-refractivity contribution in [3.05, 3.63) is 64.8 Å². The Kier molecular flexibility index (Phi) is 5.13. The molecule has 0 unspecified atom stereocenters. The van der Waals surface area contributed by atoms with Gasteiger partial charge in [-0.25, -0.2) is 0 Å². The molecule has 2 aliphatic rings. The van der Waals surface area contributed by atoms with Crippen LogP contribution in [0.15, 0.2) is 42.6 Å². The van der Waals surface area contributed by atoms with Crippen molar-refractivity contribution in [3.8, 4) is 11.5 Å². The van der Waals surface area contributed by atoms with E-state index in [-0.39, 0.29) is 33.5 Å². The van der Waals surface area contributed by atoms with Crippen LogP contribution in [-0.2, 0) is 9.47 Å². The number of hydrogen-bond acceptors (Lipinski definition) is 9. The van der Waals surface area contributed by atoms with Crippen molar-refractivity contribution in [3.63, 3.8) is 0 Å². The van der Waals surface area contributed by atoms with Gasteiger partial charge in [0.1, 0.15) is 23.8 Å². The summed E-state index contributed by atoms with van der Waals surface area (Å²) < 4.78 is 16.9. The molecule has 0 saturated carbocycles. The van der Waals surface area contributed by atoms with Crippen LogP contribution < -0.4 is 4.74 Å². The number of rotatable bonds is 3. The van der Waals surface area contributed by atoms with Crippen molar-refractivity contribution < 1.29 is 39.1 Å². The zero-order chi connectivity index (χ0) is 23.4. The molecule has 1 fully saturated rings. The molecule has 9 heteroatoms. The summed E-state index contributed by atoms with van der Waals surface area (Å²) in [6.45, 7) is 1.55. The Balaban J connectivity index is 1.70. The largest absolute Gasteiger partial charge is 0.504 e. The first kappa shape index (κ1) is 21.5. The van der Waals surface area contributed by atoms with Crippen LogP contribution in [-0.4, -0.2) is 69.7 Å². The summed E-state index contributed by atoms with van der Waals surface area (Å²) in [6.07, 6.45) is -4.20. The standard InChI is InChI=1S/C24H21NO8/c1-10-17(26)21(30)23(31-2)24(32-10)33-22-16-13(8-5-9-25-16)14-15(20(22)29)19(28)12-7-4-3-6-11(12)18(14)27/h3-10,17,21,23-24,26,29-30H,1-2H3/t10-,17+,21+,23+,24-/m0/s1. The highest BCUT2D eigenvalue weighted by Crippen LogP contribution is 2.45. The first-order chi connectivity index (χ1) is 15.8. The molecule has 2 aromatic carbocycles. The van der Waals surface area contributed by atoms with E-state index >= 15 is 0 Å². The van der Waals surface area contributed by atoms with Crippen molar-refractivity contribution in [1.82, 2.24) is 4.98 Å². The van der Waals surface area contributed by atoms with Gasteiger partial charge in [0.25, 0.3) is 0 Å². The highest BCUT2D eigenvalue weighted by molar-refractivity contribution is 6.33. The lowest BCUT2D eigenvalue weighted by atomic mass is 9.81. The number of methoxy groups -OCH3 is 1. The molecule has 1 aromatic heterocycles. The van der Waals surface area contributed by atoms with Crippen LogP contribution in [0, 0.1) is 0 Å². The zero-order valence-electron chi connectivity index (χ0n) is 17.8. The van der Waals surface area contributed by atoms with E-state index in [4.69, 9.17) is 14.2 Å². The van der Waals surface area contributed by atoms with Gasteiger partial charge in [-0.1, -0.05) is 30.3 Å². The number of carbonyl (C=O) groups excluding carboxylic acids is 2. The molecule has 1 aliphatic carbocycles. The predicted octanol–water partition coefficient (Wildman–Crippen LogP) is 1.58. The van der Waals surface area contributed by atoms with Gasteiger partial charge in [0.15, 0.2) is 23.1 Å². The number of benzene rings is 2. The lowest BCUT2D eigenvalue weighted by molar-refractivity contribution is -0.273. The van der Waals surface area contributed by atoms with Gasteiger partial charge in [0.05, 0.1) is 11.7 Å². The number of fused-ring (bicyclic) bond motifs is 4. The first-order valence-corrected chi connectivity index (χ1v) is 10.4. The van der Waals surface area contributed by atoms with Crippen LogP contribution in [0.1, 0.15) is 38.8 Å². The van der Waals surface area contributed by atoms with Crippen molar-refractivity contribution in [2.24, 2.45) is 0 Å². The fourth-order valence-electron chi connectivity index (χ4n) is 4.45. The van der Waals surface area contributed by atoms with Crippen LogP contribution in [0.4, 0.5) is 0 Å². The Morgan fingerprint density at radius 2 is 1.64 bits per heavy atom. The van der Waals surface area contributed by atoms with Crippen LogP contribution in [0.3, 0.4) is 0 Å². The number of pyridine rings is 1. The average Bonchev–Trinajstić information content (AvgIpc) is 2.82. The number of phenols is 1. The average molecular weight is 451 g/mol. The highest BCUT2D eigenvalue weighted by Gasteiger charge is 2.45. The maximum Gasteiger partial charge on any atom is 0.229 e. The van der Waals surface area contributed by atoms with Crippen LogP contribution in [0.2, 0.25) is 0 Å². The van der Waals surface area contributed by atoms with Crippen LogP contribution >= 0.6 is 0 Å². The molecule has 5 atom stereocenters. The van der Waals surface area contributed by atoms with E-state index in [0.29, 0.717) is 5.39 Å². The third kappa shape index (κ3) is 3.12. The number of aliphatic hydroxyl groups is 2. The van der Waals surface area contributed by atoms with Crippen molar-refractivity contribution in [2.75, 3.05) is 7.11 Å². The minimum atomic E-state index is -1.32. The van der Waals surface area contributed by atoms with Gasteiger partial charge in [-0.15, -0.1) is 0 Å². The first-order valence-electron chi connectivity index (χ1n) is 10.4. The van der Waals surface area contributed by atoms with Gasteiger partial charge in [0, 0.05) is 35.4 Å². The summed E-state index contributed by atoms with van der Waals surface area (Å²) in [5.74, 6) is -1.68. The Bertz CT molecular complexity index is 1290. The Hall–Kier alpha value is -3.37. The van der Waals surface area contributed by atoms with Gasteiger partial charge in [-0.2, -0.15) is 0 Å². The van der Waals surface area contributed by atoms with E-state index in [1.54, 1.807) is 37.3 Å². The lowest BCUT2D eigenvalue weighted by Crippen LogP contribution is -2.59. The summed E-state index contributed by atoms with van der Waals surface area (Å²) in [6, 6.07) is 9.62. The molecular formula is C24H21NO8. The van der Waals surface area contributed by atoms with E-state index in [0.717, 1.165) is 0 Å². The Morgan fingerprint density at radius 3 is 2.30 bits per heavy atom. The monoisotopic (exact) mass is 451 g/mol. The number of carbonyl (C=O) groups is 2. The number of phenolic OH excluding ortho intramolecular Hbond substituents is 1. The third-order valence-corrected chi connectivity index (χ3v) is 6.16. The molecule has 3 N–H and O–H groups in total. The van der Waals surface area contributed by atoms with E-state index in [9.17, 15) is 24.9 Å². The van der Waals surface area contributed by atoms with E-state index in [1.165, 1.54) is 19.4 Å². The number of aromatic hydroxyl groups is 1.